The first-order valence-electron chi connectivity index (χ1n) is 7.85. The van der Waals surface area contributed by atoms with E-state index in [1.165, 1.54) is 12.0 Å². The van der Waals surface area contributed by atoms with Crippen molar-refractivity contribution in [1.82, 2.24) is 14.9 Å². The minimum Gasteiger partial charge on any atom is -0.453 e. The molecule has 0 saturated heterocycles. The average Bonchev–Trinajstić information content (AvgIpc) is 3.01. The fourth-order valence-corrected chi connectivity index (χ4v) is 3.48. The van der Waals surface area contributed by atoms with Crippen molar-refractivity contribution in [3.8, 4) is 0 Å². The third kappa shape index (κ3) is 2.43. The number of carbonyl (C=O) groups excluding carboxylic acids is 1. The molecule has 0 fully saturated rings. The number of nitrogens with one attached hydrogen (secondary N) is 1. The monoisotopic (exact) mass is 343 g/mol. The van der Waals surface area contributed by atoms with Gasteiger partial charge in [-0.3, -0.25) is 4.90 Å². The molecule has 7 heteroatoms. The van der Waals surface area contributed by atoms with Crippen molar-refractivity contribution in [1.29, 1.82) is 0 Å². The first kappa shape index (κ1) is 15.6. The number of amides is 1. The standard InChI is InChI=1S/C18H15F2N3O2/c1-25-18(24)23-8-6-11-12-3-2-7-21-17(12)22-15(11)16(23)13-9-10(19)4-5-14(13)20/h2-5,7,9,16H,6,8H2,1H3,(H,21,22). The van der Waals surface area contributed by atoms with Gasteiger partial charge in [-0.1, -0.05) is 0 Å². The number of carbonyl (C=O) groups is 1. The first-order valence-corrected chi connectivity index (χ1v) is 7.85. The highest BCUT2D eigenvalue weighted by Crippen LogP contribution is 2.39. The van der Waals surface area contributed by atoms with Gasteiger partial charge in [-0.2, -0.15) is 0 Å². The summed E-state index contributed by atoms with van der Waals surface area (Å²) in [6.07, 6.45) is 1.63. The lowest BCUT2D eigenvalue weighted by Gasteiger charge is -2.35. The molecule has 5 nitrogen and oxygen atoms in total. The van der Waals surface area contributed by atoms with Gasteiger partial charge in [0.15, 0.2) is 0 Å². The van der Waals surface area contributed by atoms with E-state index in [1.54, 1.807) is 6.20 Å². The molecule has 1 N–H and O–H groups in total. The molecule has 128 valence electrons. The number of aromatic nitrogens is 2. The van der Waals surface area contributed by atoms with Crippen molar-refractivity contribution in [2.24, 2.45) is 0 Å². The molecule has 0 saturated carbocycles. The number of rotatable bonds is 1. The van der Waals surface area contributed by atoms with Gasteiger partial charge >= 0.3 is 6.09 Å². The van der Waals surface area contributed by atoms with E-state index < -0.39 is 23.8 Å². The number of benzene rings is 1. The van der Waals surface area contributed by atoms with Crippen molar-refractivity contribution in [2.45, 2.75) is 12.5 Å². The number of hydrogen-bond donors (Lipinski definition) is 1. The Balaban J connectivity index is 1.96. The summed E-state index contributed by atoms with van der Waals surface area (Å²) in [7, 11) is 1.27. The van der Waals surface area contributed by atoms with Gasteiger partial charge in [0.2, 0.25) is 0 Å². The largest absolute Gasteiger partial charge is 0.453 e. The second-order valence-electron chi connectivity index (χ2n) is 5.90. The van der Waals surface area contributed by atoms with Crippen LogP contribution in [0.5, 0.6) is 0 Å². The second-order valence-corrected chi connectivity index (χ2v) is 5.90. The molecule has 0 radical (unpaired) electrons. The first-order chi connectivity index (χ1) is 12.1. The number of fused-ring (bicyclic) bond motifs is 3. The summed E-state index contributed by atoms with van der Waals surface area (Å²) >= 11 is 0. The lowest BCUT2D eigenvalue weighted by molar-refractivity contribution is 0.107. The fourth-order valence-electron chi connectivity index (χ4n) is 3.48. The van der Waals surface area contributed by atoms with E-state index in [0.717, 1.165) is 29.1 Å². The number of hydrogen-bond acceptors (Lipinski definition) is 3. The molecule has 0 spiro atoms. The SMILES string of the molecule is COC(=O)N1CCc2c([nH]c3ncccc23)C1c1cc(F)ccc1F. The molecule has 2 aromatic heterocycles. The molecule has 1 aromatic carbocycles. The van der Waals surface area contributed by atoms with E-state index in [2.05, 4.69) is 9.97 Å². The Morgan fingerprint density at radius 3 is 3.00 bits per heavy atom. The number of aromatic amines is 1. The number of H-pyrrole nitrogens is 1. The molecule has 0 bridgehead atoms. The molecule has 0 aliphatic carbocycles. The van der Waals surface area contributed by atoms with Crippen LogP contribution in [0.15, 0.2) is 36.5 Å². The molecule has 3 aromatic rings. The van der Waals surface area contributed by atoms with Crippen LogP contribution in [-0.2, 0) is 11.2 Å². The number of ether oxygens (including phenoxy) is 1. The zero-order chi connectivity index (χ0) is 17.6. The molecule has 1 unspecified atom stereocenters. The molecule has 1 atom stereocenters. The highest BCUT2D eigenvalue weighted by Gasteiger charge is 2.36. The Kier molecular flexibility index (Phi) is 3.63. The van der Waals surface area contributed by atoms with Crippen LogP contribution in [0.25, 0.3) is 11.0 Å². The summed E-state index contributed by atoms with van der Waals surface area (Å²) in [5.74, 6) is -1.15. The Hall–Kier alpha value is -2.96. The normalized spacial score (nSPS) is 16.8. The molecular formula is C18H15F2N3O2. The topological polar surface area (TPSA) is 58.2 Å². The molecule has 1 amide bonds. The van der Waals surface area contributed by atoms with E-state index in [-0.39, 0.29) is 5.56 Å². The summed E-state index contributed by atoms with van der Waals surface area (Å²) < 4.78 is 33.1. The van der Waals surface area contributed by atoms with Gasteiger partial charge in [0.1, 0.15) is 23.3 Å². The molecule has 1 aliphatic rings. The quantitative estimate of drug-likeness (QED) is 0.735. The predicted octanol–water partition coefficient (Wildman–Crippen LogP) is 3.56. The molecule has 25 heavy (non-hydrogen) atoms. The molecule has 4 rings (SSSR count). The minimum absolute atomic E-state index is 0.0814. The fraction of sp³-hybridized carbons (Fsp3) is 0.222. The number of nitrogens with zero attached hydrogens (tertiary/aromatic N) is 2. The van der Waals surface area contributed by atoms with E-state index in [9.17, 15) is 13.6 Å². The van der Waals surface area contributed by atoms with Crippen LogP contribution in [0, 0.1) is 11.6 Å². The number of pyridine rings is 1. The number of methoxy groups -OCH3 is 1. The van der Waals surface area contributed by atoms with Crippen LogP contribution in [0.3, 0.4) is 0 Å². The maximum absolute atomic E-state index is 14.5. The summed E-state index contributed by atoms with van der Waals surface area (Å²) in [5, 5.41) is 0.920. The maximum atomic E-state index is 14.5. The van der Waals surface area contributed by atoms with Crippen LogP contribution in [0.4, 0.5) is 13.6 Å². The average molecular weight is 343 g/mol. The van der Waals surface area contributed by atoms with Crippen LogP contribution in [0.1, 0.15) is 22.9 Å². The van der Waals surface area contributed by atoms with Gasteiger partial charge in [-0.15, -0.1) is 0 Å². The highest BCUT2D eigenvalue weighted by molar-refractivity contribution is 5.83. The summed E-state index contributed by atoms with van der Waals surface area (Å²) in [6, 6.07) is 6.17. The minimum atomic E-state index is -0.805. The zero-order valence-corrected chi connectivity index (χ0v) is 13.4. The van der Waals surface area contributed by atoms with Crippen LogP contribution in [-0.4, -0.2) is 34.6 Å². The molecule has 1 aliphatic heterocycles. The van der Waals surface area contributed by atoms with E-state index in [4.69, 9.17) is 4.74 Å². The maximum Gasteiger partial charge on any atom is 0.410 e. The van der Waals surface area contributed by atoms with Crippen molar-refractivity contribution in [2.75, 3.05) is 13.7 Å². The highest BCUT2D eigenvalue weighted by atomic mass is 19.1. The Labute approximate surface area is 142 Å². The van der Waals surface area contributed by atoms with Crippen LogP contribution >= 0.6 is 0 Å². The zero-order valence-electron chi connectivity index (χ0n) is 13.4. The van der Waals surface area contributed by atoms with Gasteiger partial charge in [0.25, 0.3) is 0 Å². The van der Waals surface area contributed by atoms with Gasteiger partial charge in [-0.05, 0) is 42.3 Å². The summed E-state index contributed by atoms with van der Waals surface area (Å²) in [4.78, 5) is 21.1. The second kappa shape index (κ2) is 5.84. The summed E-state index contributed by atoms with van der Waals surface area (Å²) in [5.41, 5.74) is 2.32. The Bertz CT molecular complexity index is 970. The van der Waals surface area contributed by atoms with Crippen molar-refractivity contribution >= 4 is 17.1 Å². The van der Waals surface area contributed by atoms with Crippen molar-refractivity contribution < 1.29 is 18.3 Å². The van der Waals surface area contributed by atoms with Crippen molar-refractivity contribution in [3.05, 3.63) is 65.0 Å². The third-order valence-corrected chi connectivity index (χ3v) is 4.56. The third-order valence-electron chi connectivity index (χ3n) is 4.56. The van der Waals surface area contributed by atoms with E-state index in [0.29, 0.717) is 24.3 Å². The van der Waals surface area contributed by atoms with Gasteiger partial charge in [-0.25, -0.2) is 18.6 Å². The van der Waals surface area contributed by atoms with Crippen LogP contribution < -0.4 is 0 Å². The van der Waals surface area contributed by atoms with Gasteiger partial charge in [0.05, 0.1) is 7.11 Å². The molecular weight excluding hydrogens is 328 g/mol. The Morgan fingerprint density at radius 2 is 2.20 bits per heavy atom. The smallest absolute Gasteiger partial charge is 0.410 e. The lowest BCUT2D eigenvalue weighted by atomic mass is 9.92. The van der Waals surface area contributed by atoms with Crippen LogP contribution in [0.2, 0.25) is 0 Å². The number of halogens is 2. The van der Waals surface area contributed by atoms with E-state index in [1.807, 2.05) is 12.1 Å². The lowest BCUT2D eigenvalue weighted by Crippen LogP contribution is -2.40. The van der Waals surface area contributed by atoms with Crippen molar-refractivity contribution in [3.63, 3.8) is 0 Å². The molecule has 3 heterocycles. The predicted molar refractivity (Wildman–Crippen MR) is 87.1 cm³/mol. The van der Waals surface area contributed by atoms with E-state index >= 15 is 0 Å². The van der Waals surface area contributed by atoms with Gasteiger partial charge in [0, 0.05) is 29.4 Å². The Morgan fingerprint density at radius 1 is 1.36 bits per heavy atom. The van der Waals surface area contributed by atoms with Gasteiger partial charge < -0.3 is 9.72 Å². The summed E-state index contributed by atoms with van der Waals surface area (Å²) in [6.45, 7) is 0.335.